The largest absolute Gasteiger partial charge is 0.375 e. The summed E-state index contributed by atoms with van der Waals surface area (Å²) in [5.74, 6) is 0. The van der Waals surface area contributed by atoms with E-state index in [1.165, 1.54) is 5.56 Å². The van der Waals surface area contributed by atoms with Crippen LogP contribution in [0.5, 0.6) is 0 Å². The Labute approximate surface area is 157 Å². The second-order valence-corrected chi connectivity index (χ2v) is 10.2. The molecule has 2 aliphatic heterocycles. The van der Waals surface area contributed by atoms with Gasteiger partial charge in [-0.2, -0.15) is 0 Å². The summed E-state index contributed by atoms with van der Waals surface area (Å²) in [7, 11) is -3.13. The maximum absolute atomic E-state index is 12.2. The summed E-state index contributed by atoms with van der Waals surface area (Å²) in [5, 5.41) is -0.343. The molecule has 1 aromatic rings. The summed E-state index contributed by atoms with van der Waals surface area (Å²) < 4.78 is 32.4. The van der Waals surface area contributed by atoms with Crippen molar-refractivity contribution in [1.29, 1.82) is 0 Å². The molecule has 6 nitrogen and oxygen atoms in total. The van der Waals surface area contributed by atoms with Crippen molar-refractivity contribution in [1.82, 2.24) is 14.2 Å². The number of pyridine rings is 1. The number of likely N-dealkylation sites (tertiary alicyclic amines) is 1. The predicted molar refractivity (Wildman–Crippen MR) is 102 cm³/mol. The third-order valence-corrected chi connectivity index (χ3v) is 7.68. The van der Waals surface area contributed by atoms with Crippen LogP contribution >= 0.6 is 0 Å². The first-order valence-electron chi connectivity index (χ1n) is 9.71. The van der Waals surface area contributed by atoms with Crippen molar-refractivity contribution in [3.63, 3.8) is 0 Å². The van der Waals surface area contributed by atoms with E-state index in [0.717, 1.165) is 45.3 Å². The highest BCUT2D eigenvalue weighted by molar-refractivity contribution is 7.89. The maximum Gasteiger partial charge on any atom is 0.216 e. The molecule has 0 aromatic carbocycles. The molecular formula is C19H31N3O3S. The summed E-state index contributed by atoms with van der Waals surface area (Å²) in [6.45, 7) is 7.71. The summed E-state index contributed by atoms with van der Waals surface area (Å²) in [6, 6.07) is 4.10. The standard InChI is InChI=1S/C19H31N3O3S/c1-16(2)26(23,24)22-12-7-19(8-13-22)25-18-5-10-21(11-6-18)15-17-4-3-9-20-14-17/h3-4,9,14,16,18-19H,5-8,10-13,15H2,1-2H3. The highest BCUT2D eigenvalue weighted by Crippen LogP contribution is 2.23. The molecule has 2 saturated heterocycles. The third kappa shape index (κ3) is 5.03. The number of rotatable bonds is 6. The lowest BCUT2D eigenvalue weighted by atomic mass is 10.0. The van der Waals surface area contributed by atoms with Gasteiger partial charge in [0.05, 0.1) is 17.5 Å². The first kappa shape index (κ1) is 19.7. The minimum Gasteiger partial charge on any atom is -0.375 e. The van der Waals surface area contributed by atoms with Gasteiger partial charge in [-0.3, -0.25) is 9.88 Å². The summed E-state index contributed by atoms with van der Waals surface area (Å²) in [6.07, 6.45) is 7.95. The average molecular weight is 382 g/mol. The second-order valence-electron chi connectivity index (χ2n) is 7.66. The van der Waals surface area contributed by atoms with Crippen molar-refractivity contribution in [2.45, 2.75) is 63.5 Å². The number of sulfonamides is 1. The van der Waals surface area contributed by atoms with Crippen LogP contribution in [0.15, 0.2) is 24.5 Å². The van der Waals surface area contributed by atoms with Gasteiger partial charge in [0.2, 0.25) is 10.0 Å². The Kier molecular flexibility index (Phi) is 6.66. The average Bonchev–Trinajstić information content (AvgIpc) is 2.64. The van der Waals surface area contributed by atoms with Gasteiger partial charge in [0.25, 0.3) is 0 Å². The van der Waals surface area contributed by atoms with Gasteiger partial charge >= 0.3 is 0 Å². The first-order chi connectivity index (χ1) is 12.4. The van der Waals surface area contributed by atoms with Gasteiger partial charge in [0.15, 0.2) is 0 Å². The van der Waals surface area contributed by atoms with Crippen molar-refractivity contribution in [2.24, 2.45) is 0 Å². The molecule has 0 unspecified atom stereocenters. The van der Waals surface area contributed by atoms with Gasteiger partial charge in [-0.05, 0) is 51.2 Å². The van der Waals surface area contributed by atoms with Crippen molar-refractivity contribution in [3.8, 4) is 0 Å². The highest BCUT2D eigenvalue weighted by atomic mass is 32.2. The molecule has 0 N–H and O–H groups in total. The van der Waals surface area contributed by atoms with E-state index in [2.05, 4.69) is 16.0 Å². The van der Waals surface area contributed by atoms with E-state index < -0.39 is 10.0 Å². The number of ether oxygens (including phenoxy) is 1. The van der Waals surface area contributed by atoms with Gasteiger partial charge in [-0.25, -0.2) is 12.7 Å². The topological polar surface area (TPSA) is 62.7 Å². The summed E-state index contributed by atoms with van der Waals surface area (Å²) >= 11 is 0. The Morgan fingerprint density at radius 2 is 1.73 bits per heavy atom. The maximum atomic E-state index is 12.2. The first-order valence-corrected chi connectivity index (χ1v) is 11.2. The van der Waals surface area contributed by atoms with Gasteiger partial charge in [0.1, 0.15) is 0 Å². The van der Waals surface area contributed by atoms with Gasteiger partial charge in [-0.1, -0.05) is 6.07 Å². The number of aromatic nitrogens is 1. The second kappa shape index (κ2) is 8.78. The molecule has 0 atom stereocenters. The van der Waals surface area contributed by atoms with Crippen molar-refractivity contribution >= 4 is 10.0 Å². The Morgan fingerprint density at radius 3 is 2.27 bits per heavy atom. The van der Waals surface area contributed by atoms with Gasteiger partial charge in [-0.15, -0.1) is 0 Å². The molecule has 3 rings (SSSR count). The zero-order chi connectivity index (χ0) is 18.6. The van der Waals surface area contributed by atoms with Crippen LogP contribution in [0, 0.1) is 0 Å². The molecule has 7 heteroatoms. The Bertz CT molecular complexity index is 650. The normalized spacial score (nSPS) is 22.1. The van der Waals surface area contributed by atoms with E-state index in [1.807, 2.05) is 12.3 Å². The lowest BCUT2D eigenvalue weighted by Gasteiger charge is -2.37. The number of piperidine rings is 2. The quantitative estimate of drug-likeness (QED) is 0.756. The lowest BCUT2D eigenvalue weighted by molar-refractivity contribution is -0.0596. The molecule has 0 radical (unpaired) electrons. The SMILES string of the molecule is CC(C)S(=O)(=O)N1CCC(OC2CCN(Cc3cccnc3)CC2)CC1. The smallest absolute Gasteiger partial charge is 0.216 e. The Balaban J connectivity index is 1.39. The number of nitrogens with zero attached hydrogens (tertiary/aromatic N) is 3. The van der Waals surface area contributed by atoms with Crippen molar-refractivity contribution in [3.05, 3.63) is 30.1 Å². The van der Waals surface area contributed by atoms with Gasteiger partial charge < -0.3 is 4.74 Å². The minimum atomic E-state index is -3.13. The monoisotopic (exact) mass is 381 g/mol. The molecule has 0 saturated carbocycles. The Morgan fingerprint density at radius 1 is 1.12 bits per heavy atom. The molecule has 146 valence electrons. The van der Waals surface area contributed by atoms with E-state index in [4.69, 9.17) is 4.74 Å². The molecule has 2 aliphatic rings. The minimum absolute atomic E-state index is 0.198. The molecule has 1 aromatic heterocycles. The fourth-order valence-corrected chi connectivity index (χ4v) is 5.06. The molecular weight excluding hydrogens is 350 g/mol. The molecule has 0 spiro atoms. The Hall–Kier alpha value is -1.02. The van der Waals surface area contributed by atoms with Crippen LogP contribution in [0.25, 0.3) is 0 Å². The van der Waals surface area contributed by atoms with E-state index in [1.54, 1.807) is 24.3 Å². The fourth-order valence-electron chi connectivity index (χ4n) is 3.75. The van der Waals surface area contributed by atoms with E-state index in [0.29, 0.717) is 19.2 Å². The summed E-state index contributed by atoms with van der Waals surface area (Å²) in [4.78, 5) is 6.63. The van der Waals surface area contributed by atoms with Crippen molar-refractivity contribution in [2.75, 3.05) is 26.2 Å². The molecule has 0 amide bonds. The fraction of sp³-hybridized carbons (Fsp3) is 0.737. The molecule has 2 fully saturated rings. The molecule has 0 aliphatic carbocycles. The number of hydrogen-bond acceptors (Lipinski definition) is 5. The molecule has 26 heavy (non-hydrogen) atoms. The van der Waals surface area contributed by atoms with Crippen molar-refractivity contribution < 1.29 is 13.2 Å². The van der Waals surface area contributed by atoms with Crippen LogP contribution in [0.2, 0.25) is 0 Å². The van der Waals surface area contributed by atoms with E-state index >= 15 is 0 Å². The number of hydrogen-bond donors (Lipinski definition) is 0. The molecule has 0 bridgehead atoms. The third-order valence-electron chi connectivity index (χ3n) is 5.41. The zero-order valence-corrected chi connectivity index (χ0v) is 16.7. The predicted octanol–water partition coefficient (Wildman–Crippen LogP) is 2.27. The van der Waals surface area contributed by atoms with Crippen LogP contribution in [0.1, 0.15) is 45.1 Å². The zero-order valence-electron chi connectivity index (χ0n) is 15.9. The van der Waals surface area contributed by atoms with Crippen LogP contribution in [0.3, 0.4) is 0 Å². The van der Waals surface area contributed by atoms with Gasteiger partial charge in [0, 0.05) is 45.1 Å². The highest BCUT2D eigenvalue weighted by Gasteiger charge is 2.32. The van der Waals surface area contributed by atoms with E-state index in [9.17, 15) is 8.42 Å². The van der Waals surface area contributed by atoms with Crippen LogP contribution < -0.4 is 0 Å². The van der Waals surface area contributed by atoms with Crippen LogP contribution in [0.4, 0.5) is 0 Å². The van der Waals surface area contributed by atoms with E-state index in [-0.39, 0.29) is 11.4 Å². The molecule has 3 heterocycles. The lowest BCUT2D eigenvalue weighted by Crippen LogP contribution is -2.45. The van der Waals surface area contributed by atoms with Crippen LogP contribution in [-0.4, -0.2) is 66.2 Å². The summed E-state index contributed by atoms with van der Waals surface area (Å²) in [5.41, 5.74) is 1.26. The van der Waals surface area contributed by atoms with Crippen LogP contribution in [-0.2, 0) is 21.3 Å².